The molecule has 2 aliphatic rings. The second-order valence-electron chi connectivity index (χ2n) is 5.64. The molecule has 3 atom stereocenters. The molecule has 2 saturated carbocycles. The lowest BCUT2D eigenvalue weighted by Crippen LogP contribution is -2.48. The first-order valence-electron chi connectivity index (χ1n) is 5.18. The summed E-state index contributed by atoms with van der Waals surface area (Å²) in [6.07, 6.45) is 4.35. The van der Waals surface area contributed by atoms with Gasteiger partial charge in [0.25, 0.3) is 0 Å². The van der Waals surface area contributed by atoms with E-state index in [0.717, 1.165) is 12.0 Å². The zero-order valence-corrected chi connectivity index (χ0v) is 10.0. The van der Waals surface area contributed by atoms with Crippen LogP contribution in [-0.4, -0.2) is 13.1 Å². The maximum atomic E-state index is 3.53. The molecule has 2 aliphatic carbocycles. The standard InChI is InChI=1S/C11H21N.ClH/c1-10(2)8-5-6-11(3,7-8)9(10)12-4;/h8-9,12H,5-7H2,1-4H3;1H. The Morgan fingerprint density at radius 1 is 1.23 bits per heavy atom. The van der Waals surface area contributed by atoms with E-state index >= 15 is 0 Å². The fourth-order valence-corrected chi connectivity index (χ4v) is 4.02. The van der Waals surface area contributed by atoms with Crippen molar-refractivity contribution in [2.45, 2.75) is 46.1 Å². The molecule has 0 aromatic carbocycles. The normalized spacial score (nSPS) is 46.2. The zero-order chi connectivity index (χ0) is 8.98. The minimum Gasteiger partial charge on any atom is -0.316 e. The van der Waals surface area contributed by atoms with Gasteiger partial charge in [-0.1, -0.05) is 20.8 Å². The molecular weight excluding hydrogens is 182 g/mol. The second kappa shape index (κ2) is 3.13. The zero-order valence-electron chi connectivity index (χ0n) is 9.18. The lowest BCUT2D eigenvalue weighted by atomic mass is 9.68. The second-order valence-corrected chi connectivity index (χ2v) is 5.64. The van der Waals surface area contributed by atoms with Crippen LogP contribution in [0.1, 0.15) is 40.0 Å². The van der Waals surface area contributed by atoms with Gasteiger partial charge in [0.1, 0.15) is 0 Å². The predicted octanol–water partition coefficient (Wildman–Crippen LogP) is 2.84. The first kappa shape index (κ1) is 11.3. The Balaban J connectivity index is 0.000000845. The average molecular weight is 204 g/mol. The van der Waals surface area contributed by atoms with Gasteiger partial charge in [0.15, 0.2) is 0 Å². The highest BCUT2D eigenvalue weighted by Crippen LogP contribution is 2.62. The Hall–Kier alpha value is 0.250. The molecule has 0 aliphatic heterocycles. The summed E-state index contributed by atoms with van der Waals surface area (Å²) in [6, 6.07) is 0.740. The van der Waals surface area contributed by atoms with Crippen molar-refractivity contribution in [3.63, 3.8) is 0 Å². The highest BCUT2D eigenvalue weighted by atomic mass is 35.5. The molecule has 3 unspecified atom stereocenters. The van der Waals surface area contributed by atoms with Crippen molar-refractivity contribution < 1.29 is 0 Å². The molecule has 0 amide bonds. The Bertz CT molecular complexity index is 198. The number of halogens is 1. The lowest BCUT2D eigenvalue weighted by Gasteiger charge is -2.42. The van der Waals surface area contributed by atoms with Gasteiger partial charge in [-0.15, -0.1) is 12.4 Å². The molecule has 0 saturated heterocycles. The summed E-state index contributed by atoms with van der Waals surface area (Å²) in [5.41, 5.74) is 1.13. The molecule has 0 radical (unpaired) electrons. The van der Waals surface area contributed by atoms with Gasteiger partial charge in [-0.2, -0.15) is 0 Å². The van der Waals surface area contributed by atoms with Crippen molar-refractivity contribution in [2.24, 2.45) is 16.7 Å². The van der Waals surface area contributed by atoms with Crippen LogP contribution in [0, 0.1) is 16.7 Å². The lowest BCUT2D eigenvalue weighted by molar-refractivity contribution is 0.116. The number of nitrogens with one attached hydrogen (secondary N) is 1. The topological polar surface area (TPSA) is 12.0 Å². The Morgan fingerprint density at radius 3 is 2.15 bits per heavy atom. The third-order valence-electron chi connectivity index (χ3n) is 4.56. The van der Waals surface area contributed by atoms with Gasteiger partial charge in [-0.05, 0) is 43.1 Å². The van der Waals surface area contributed by atoms with Crippen molar-refractivity contribution in [1.29, 1.82) is 0 Å². The minimum absolute atomic E-state index is 0. The highest BCUT2D eigenvalue weighted by Gasteiger charge is 2.58. The number of rotatable bonds is 1. The van der Waals surface area contributed by atoms with Crippen LogP contribution in [0.25, 0.3) is 0 Å². The van der Waals surface area contributed by atoms with Crippen LogP contribution >= 0.6 is 12.4 Å². The minimum atomic E-state index is 0. The van der Waals surface area contributed by atoms with Crippen molar-refractivity contribution in [2.75, 3.05) is 7.05 Å². The Kier molecular flexibility index (Phi) is 2.73. The Labute approximate surface area is 88.1 Å². The number of hydrogen-bond acceptors (Lipinski definition) is 1. The smallest absolute Gasteiger partial charge is 0.0172 e. The summed E-state index contributed by atoms with van der Waals surface area (Å²) < 4.78 is 0. The van der Waals surface area contributed by atoms with Crippen LogP contribution in [0.4, 0.5) is 0 Å². The largest absolute Gasteiger partial charge is 0.316 e. The van der Waals surface area contributed by atoms with Gasteiger partial charge >= 0.3 is 0 Å². The van der Waals surface area contributed by atoms with E-state index in [9.17, 15) is 0 Å². The molecular formula is C11H22ClN. The van der Waals surface area contributed by atoms with Gasteiger partial charge in [-0.25, -0.2) is 0 Å². The first-order chi connectivity index (χ1) is 5.50. The predicted molar refractivity (Wildman–Crippen MR) is 59.3 cm³/mol. The number of hydrogen-bond donors (Lipinski definition) is 1. The summed E-state index contributed by atoms with van der Waals surface area (Å²) in [5, 5.41) is 3.53. The summed E-state index contributed by atoms with van der Waals surface area (Å²) in [7, 11) is 2.12. The molecule has 13 heavy (non-hydrogen) atoms. The van der Waals surface area contributed by atoms with E-state index in [0.29, 0.717) is 10.8 Å². The van der Waals surface area contributed by atoms with Gasteiger partial charge in [0.2, 0.25) is 0 Å². The third kappa shape index (κ3) is 1.32. The van der Waals surface area contributed by atoms with Crippen LogP contribution in [0.5, 0.6) is 0 Å². The maximum Gasteiger partial charge on any atom is 0.0172 e. The van der Waals surface area contributed by atoms with Gasteiger partial charge in [0, 0.05) is 6.04 Å². The molecule has 78 valence electrons. The summed E-state index contributed by atoms with van der Waals surface area (Å²) in [4.78, 5) is 0. The summed E-state index contributed by atoms with van der Waals surface area (Å²) in [6.45, 7) is 7.33. The van der Waals surface area contributed by atoms with E-state index in [2.05, 4.69) is 33.1 Å². The maximum absolute atomic E-state index is 3.53. The van der Waals surface area contributed by atoms with Crippen molar-refractivity contribution in [3.05, 3.63) is 0 Å². The summed E-state index contributed by atoms with van der Waals surface area (Å²) in [5.74, 6) is 0.972. The molecule has 2 rings (SSSR count). The molecule has 0 aromatic heterocycles. The number of fused-ring (bicyclic) bond motifs is 2. The molecule has 2 bridgehead atoms. The van der Waals surface area contributed by atoms with E-state index in [1.165, 1.54) is 19.3 Å². The SMILES string of the molecule is CNC1C2(C)CCC(C2)C1(C)C.Cl. The van der Waals surface area contributed by atoms with E-state index < -0.39 is 0 Å². The third-order valence-corrected chi connectivity index (χ3v) is 4.56. The van der Waals surface area contributed by atoms with E-state index in [-0.39, 0.29) is 12.4 Å². The first-order valence-corrected chi connectivity index (χ1v) is 5.18. The molecule has 1 N–H and O–H groups in total. The van der Waals surface area contributed by atoms with Crippen molar-refractivity contribution in [3.8, 4) is 0 Å². The molecule has 2 heteroatoms. The van der Waals surface area contributed by atoms with Crippen LogP contribution < -0.4 is 5.32 Å². The van der Waals surface area contributed by atoms with Crippen LogP contribution in [0.2, 0.25) is 0 Å². The van der Waals surface area contributed by atoms with Crippen molar-refractivity contribution in [1.82, 2.24) is 5.32 Å². The van der Waals surface area contributed by atoms with E-state index in [1.807, 2.05) is 0 Å². The fourth-order valence-electron chi connectivity index (χ4n) is 4.02. The fraction of sp³-hybridized carbons (Fsp3) is 1.00. The van der Waals surface area contributed by atoms with Crippen LogP contribution in [-0.2, 0) is 0 Å². The Morgan fingerprint density at radius 2 is 1.85 bits per heavy atom. The molecule has 2 fully saturated rings. The van der Waals surface area contributed by atoms with Gasteiger partial charge in [-0.3, -0.25) is 0 Å². The highest BCUT2D eigenvalue weighted by molar-refractivity contribution is 5.85. The van der Waals surface area contributed by atoms with E-state index in [4.69, 9.17) is 0 Å². The monoisotopic (exact) mass is 203 g/mol. The molecule has 1 nitrogen and oxygen atoms in total. The summed E-state index contributed by atoms with van der Waals surface area (Å²) >= 11 is 0. The van der Waals surface area contributed by atoms with Crippen molar-refractivity contribution >= 4 is 12.4 Å². The van der Waals surface area contributed by atoms with Crippen LogP contribution in [0.15, 0.2) is 0 Å². The van der Waals surface area contributed by atoms with Crippen LogP contribution in [0.3, 0.4) is 0 Å². The van der Waals surface area contributed by atoms with Gasteiger partial charge in [0.05, 0.1) is 0 Å². The van der Waals surface area contributed by atoms with Gasteiger partial charge < -0.3 is 5.32 Å². The molecule has 0 heterocycles. The molecule has 0 spiro atoms. The van der Waals surface area contributed by atoms with E-state index in [1.54, 1.807) is 0 Å². The molecule has 0 aromatic rings. The average Bonchev–Trinajstić information content (AvgIpc) is 2.39. The quantitative estimate of drug-likeness (QED) is 0.691.